The molecule has 0 N–H and O–H groups in total. The van der Waals surface area contributed by atoms with Gasteiger partial charge in [0.05, 0.1) is 0 Å². The summed E-state index contributed by atoms with van der Waals surface area (Å²) in [7, 11) is 0. The molecule has 0 saturated heterocycles. The third kappa shape index (κ3) is 5.83. The van der Waals surface area contributed by atoms with Crippen molar-refractivity contribution in [3.8, 4) is 11.1 Å². The lowest BCUT2D eigenvalue weighted by Gasteiger charge is -2.22. The van der Waals surface area contributed by atoms with Gasteiger partial charge >= 0.3 is 0 Å². The van der Waals surface area contributed by atoms with E-state index >= 15 is 0 Å². The molecule has 0 nitrogen and oxygen atoms in total. The molecule has 27 heavy (non-hydrogen) atoms. The molecule has 0 aliphatic heterocycles. The van der Waals surface area contributed by atoms with E-state index in [9.17, 15) is 0 Å². The van der Waals surface area contributed by atoms with Crippen LogP contribution >= 0.6 is 0 Å². The van der Waals surface area contributed by atoms with E-state index in [0.717, 1.165) is 5.92 Å². The molecule has 2 aromatic carbocycles. The largest absolute Gasteiger partial charge is 0.0804 e. The number of hydrogen-bond acceptors (Lipinski definition) is 0. The Morgan fingerprint density at radius 3 is 1.96 bits per heavy atom. The molecule has 144 valence electrons. The van der Waals surface area contributed by atoms with Gasteiger partial charge in [0.15, 0.2) is 0 Å². The Labute approximate surface area is 166 Å². The minimum absolute atomic E-state index is 0.922. The number of benzene rings is 2. The zero-order chi connectivity index (χ0) is 18.9. The fraction of sp³-hybridized carbons (Fsp3) is 0.481. The number of allylic oxidation sites excluding steroid dienone is 2. The summed E-state index contributed by atoms with van der Waals surface area (Å²) in [4.78, 5) is 0. The molecule has 0 bridgehead atoms. The highest BCUT2D eigenvalue weighted by molar-refractivity contribution is 5.71. The summed E-state index contributed by atoms with van der Waals surface area (Å²) >= 11 is 0. The fourth-order valence-corrected chi connectivity index (χ4v) is 4.22. The number of rotatable bonds is 9. The van der Waals surface area contributed by atoms with E-state index in [1.807, 2.05) is 0 Å². The Bertz CT molecular complexity index is 703. The minimum Gasteiger partial charge on any atom is -0.0804 e. The van der Waals surface area contributed by atoms with E-state index in [1.54, 1.807) is 5.57 Å². The van der Waals surface area contributed by atoms with Gasteiger partial charge in [0.25, 0.3) is 0 Å². The Hall–Kier alpha value is -1.82. The first-order chi connectivity index (χ1) is 13.3. The Kier molecular flexibility index (Phi) is 7.75. The maximum Gasteiger partial charge on any atom is -0.0184 e. The molecule has 3 rings (SSSR count). The Morgan fingerprint density at radius 2 is 1.37 bits per heavy atom. The van der Waals surface area contributed by atoms with Gasteiger partial charge in [-0.15, -0.1) is 0 Å². The standard InChI is InChI=1S/C27H36/c1-3-5-7-9-23-12-16-25(17-13-23)27-20-18-26(19-21-27)24-14-10-22(11-15-24)8-6-4-2/h10-11,14-16,18-21,23H,3-9,12-13,17H2,1-2H3. The molecule has 2 aromatic rings. The summed E-state index contributed by atoms with van der Waals surface area (Å²) in [5, 5.41) is 0. The molecule has 1 unspecified atom stereocenters. The highest BCUT2D eigenvalue weighted by atomic mass is 14.2. The van der Waals surface area contributed by atoms with Gasteiger partial charge in [-0.25, -0.2) is 0 Å². The van der Waals surface area contributed by atoms with Crippen molar-refractivity contribution < 1.29 is 0 Å². The van der Waals surface area contributed by atoms with Crippen molar-refractivity contribution in [1.29, 1.82) is 0 Å². The molecule has 0 spiro atoms. The molecule has 0 amide bonds. The quantitative estimate of drug-likeness (QED) is 0.393. The maximum absolute atomic E-state index is 2.51. The van der Waals surface area contributed by atoms with Crippen LogP contribution in [0.4, 0.5) is 0 Å². The molecule has 0 heteroatoms. The van der Waals surface area contributed by atoms with Crippen LogP contribution in [-0.4, -0.2) is 0 Å². The van der Waals surface area contributed by atoms with Gasteiger partial charge in [0, 0.05) is 0 Å². The molecular weight excluding hydrogens is 324 g/mol. The van der Waals surface area contributed by atoms with E-state index < -0.39 is 0 Å². The molecule has 0 aromatic heterocycles. The van der Waals surface area contributed by atoms with Gasteiger partial charge in [-0.1, -0.05) is 101 Å². The lowest BCUT2D eigenvalue weighted by molar-refractivity contribution is 0.428. The first-order valence-corrected chi connectivity index (χ1v) is 11.2. The van der Waals surface area contributed by atoms with E-state index in [-0.39, 0.29) is 0 Å². The molecule has 1 aliphatic carbocycles. The van der Waals surface area contributed by atoms with Gasteiger partial charge in [-0.3, -0.25) is 0 Å². The monoisotopic (exact) mass is 360 g/mol. The predicted molar refractivity (Wildman–Crippen MR) is 120 cm³/mol. The summed E-state index contributed by atoms with van der Waals surface area (Å²) < 4.78 is 0. The molecular formula is C27H36. The van der Waals surface area contributed by atoms with Gasteiger partial charge in [0.1, 0.15) is 0 Å². The van der Waals surface area contributed by atoms with Crippen LogP contribution in [0, 0.1) is 5.92 Å². The summed E-state index contributed by atoms with van der Waals surface area (Å²) in [6.07, 6.45) is 15.7. The van der Waals surface area contributed by atoms with E-state index in [4.69, 9.17) is 0 Å². The summed E-state index contributed by atoms with van der Waals surface area (Å²) in [5.41, 5.74) is 7.09. The van der Waals surface area contributed by atoms with Crippen LogP contribution in [0.1, 0.15) is 82.8 Å². The predicted octanol–water partition coefficient (Wildman–Crippen LogP) is 8.46. The van der Waals surface area contributed by atoms with Crippen molar-refractivity contribution in [2.45, 2.75) is 78.1 Å². The van der Waals surface area contributed by atoms with Crippen molar-refractivity contribution in [2.24, 2.45) is 5.92 Å². The zero-order valence-electron chi connectivity index (χ0n) is 17.3. The minimum atomic E-state index is 0.922. The summed E-state index contributed by atoms with van der Waals surface area (Å²) in [6, 6.07) is 18.4. The second-order valence-electron chi connectivity index (χ2n) is 8.24. The second-order valence-corrected chi connectivity index (χ2v) is 8.24. The van der Waals surface area contributed by atoms with Crippen LogP contribution < -0.4 is 0 Å². The highest BCUT2D eigenvalue weighted by Gasteiger charge is 2.15. The van der Waals surface area contributed by atoms with Crippen molar-refractivity contribution in [3.63, 3.8) is 0 Å². The zero-order valence-corrected chi connectivity index (χ0v) is 17.3. The second kappa shape index (κ2) is 10.5. The molecule has 0 heterocycles. The van der Waals surface area contributed by atoms with Gasteiger partial charge in [-0.05, 0) is 65.8 Å². The van der Waals surface area contributed by atoms with E-state index in [1.165, 1.54) is 86.5 Å². The van der Waals surface area contributed by atoms with Crippen molar-refractivity contribution in [3.05, 3.63) is 65.7 Å². The lowest BCUT2D eigenvalue weighted by atomic mass is 9.83. The third-order valence-electron chi connectivity index (χ3n) is 6.10. The fourth-order valence-electron chi connectivity index (χ4n) is 4.22. The lowest BCUT2D eigenvalue weighted by Crippen LogP contribution is -2.05. The maximum atomic E-state index is 2.51. The van der Waals surface area contributed by atoms with Crippen LogP contribution in [0.5, 0.6) is 0 Å². The number of unbranched alkanes of at least 4 members (excludes halogenated alkanes) is 3. The normalized spacial score (nSPS) is 17.0. The molecule has 0 fully saturated rings. The van der Waals surface area contributed by atoms with Crippen LogP contribution in [0.2, 0.25) is 0 Å². The summed E-state index contributed by atoms with van der Waals surface area (Å²) in [5.74, 6) is 0.922. The first kappa shape index (κ1) is 19.9. The summed E-state index contributed by atoms with van der Waals surface area (Å²) in [6.45, 7) is 4.55. The van der Waals surface area contributed by atoms with Gasteiger partial charge < -0.3 is 0 Å². The van der Waals surface area contributed by atoms with Crippen LogP contribution in [0.15, 0.2) is 54.6 Å². The van der Waals surface area contributed by atoms with E-state index in [2.05, 4.69) is 68.5 Å². The SMILES string of the molecule is CCCCCC1CC=C(c2ccc(-c3ccc(CCCC)cc3)cc2)CC1. The number of hydrogen-bond donors (Lipinski definition) is 0. The molecule has 0 saturated carbocycles. The average molecular weight is 361 g/mol. The van der Waals surface area contributed by atoms with Crippen LogP contribution in [-0.2, 0) is 6.42 Å². The van der Waals surface area contributed by atoms with Crippen LogP contribution in [0.25, 0.3) is 16.7 Å². The molecule has 1 aliphatic rings. The Balaban J connectivity index is 1.59. The van der Waals surface area contributed by atoms with Gasteiger partial charge in [-0.2, -0.15) is 0 Å². The third-order valence-corrected chi connectivity index (χ3v) is 6.10. The van der Waals surface area contributed by atoms with Crippen molar-refractivity contribution in [2.75, 3.05) is 0 Å². The van der Waals surface area contributed by atoms with E-state index in [0.29, 0.717) is 0 Å². The average Bonchev–Trinajstić information content (AvgIpc) is 2.73. The smallest absolute Gasteiger partial charge is 0.0184 e. The van der Waals surface area contributed by atoms with Crippen molar-refractivity contribution >= 4 is 5.57 Å². The molecule has 0 radical (unpaired) electrons. The Morgan fingerprint density at radius 1 is 0.741 bits per heavy atom. The topological polar surface area (TPSA) is 0 Å². The van der Waals surface area contributed by atoms with Crippen LogP contribution in [0.3, 0.4) is 0 Å². The van der Waals surface area contributed by atoms with Crippen molar-refractivity contribution in [1.82, 2.24) is 0 Å². The first-order valence-electron chi connectivity index (χ1n) is 11.2. The molecule has 1 atom stereocenters. The highest BCUT2D eigenvalue weighted by Crippen LogP contribution is 2.33. The van der Waals surface area contributed by atoms with Gasteiger partial charge in [0.2, 0.25) is 0 Å². The number of aryl methyl sites for hydroxylation is 1.